The fraction of sp³-hybridized carbons (Fsp3) is 0.533. The summed E-state index contributed by atoms with van der Waals surface area (Å²) in [5, 5.41) is 0. The van der Waals surface area contributed by atoms with E-state index in [0.29, 0.717) is 11.6 Å². The standard InChI is InChI=1S/C15H20FN3S/c16-12-5-3-6-13(14(12)15(17)20)19-9-8-18-7-2-1-4-11(18)10-19/h3,5-6,11H,1-2,4,7-10H2,(H2,17,20). The summed E-state index contributed by atoms with van der Waals surface area (Å²) in [7, 11) is 0. The molecule has 20 heavy (non-hydrogen) atoms. The number of piperazine rings is 1. The van der Waals surface area contributed by atoms with E-state index >= 15 is 0 Å². The number of piperidine rings is 1. The van der Waals surface area contributed by atoms with Crippen molar-refractivity contribution in [2.45, 2.75) is 25.3 Å². The lowest BCUT2D eigenvalue weighted by Crippen LogP contribution is -2.55. The Kier molecular flexibility index (Phi) is 3.89. The van der Waals surface area contributed by atoms with Gasteiger partial charge in [0, 0.05) is 31.4 Å². The number of thiocarbonyl (C=S) groups is 1. The van der Waals surface area contributed by atoms with E-state index in [1.165, 1.54) is 31.9 Å². The molecule has 0 radical (unpaired) electrons. The molecule has 0 amide bonds. The summed E-state index contributed by atoms with van der Waals surface area (Å²) in [5.41, 5.74) is 6.95. The molecule has 2 saturated heterocycles. The van der Waals surface area contributed by atoms with Crippen molar-refractivity contribution < 1.29 is 4.39 Å². The summed E-state index contributed by atoms with van der Waals surface area (Å²) in [6.07, 6.45) is 3.82. The summed E-state index contributed by atoms with van der Waals surface area (Å²) < 4.78 is 14.0. The third kappa shape index (κ3) is 2.52. The van der Waals surface area contributed by atoms with E-state index in [9.17, 15) is 4.39 Å². The molecule has 0 spiro atoms. The first-order chi connectivity index (χ1) is 9.66. The zero-order chi connectivity index (χ0) is 14.1. The van der Waals surface area contributed by atoms with Crippen LogP contribution in [0, 0.1) is 5.82 Å². The molecule has 2 aliphatic rings. The molecule has 1 atom stereocenters. The molecule has 0 bridgehead atoms. The van der Waals surface area contributed by atoms with Crippen molar-refractivity contribution in [2.24, 2.45) is 5.73 Å². The van der Waals surface area contributed by atoms with Crippen molar-refractivity contribution >= 4 is 22.9 Å². The average molecular weight is 293 g/mol. The Bertz CT molecular complexity index is 520. The molecule has 2 aliphatic heterocycles. The molecular formula is C15H20FN3S. The summed E-state index contributed by atoms with van der Waals surface area (Å²) >= 11 is 5.02. The molecule has 0 saturated carbocycles. The molecule has 5 heteroatoms. The van der Waals surface area contributed by atoms with Gasteiger partial charge in [0.05, 0.1) is 5.56 Å². The fourth-order valence-corrected chi connectivity index (χ4v) is 3.60. The largest absolute Gasteiger partial charge is 0.389 e. The van der Waals surface area contributed by atoms with Crippen LogP contribution in [0.3, 0.4) is 0 Å². The molecular weight excluding hydrogens is 273 g/mol. The number of hydrogen-bond donors (Lipinski definition) is 1. The van der Waals surface area contributed by atoms with Gasteiger partial charge in [-0.2, -0.15) is 0 Å². The summed E-state index contributed by atoms with van der Waals surface area (Å²) in [6, 6.07) is 5.67. The van der Waals surface area contributed by atoms with E-state index in [4.69, 9.17) is 18.0 Å². The predicted octanol–water partition coefficient (Wildman–Crippen LogP) is 2.13. The van der Waals surface area contributed by atoms with Crippen molar-refractivity contribution in [3.8, 4) is 0 Å². The van der Waals surface area contributed by atoms with Crippen LogP contribution >= 0.6 is 12.2 Å². The maximum Gasteiger partial charge on any atom is 0.135 e. The average Bonchev–Trinajstić information content (AvgIpc) is 2.46. The van der Waals surface area contributed by atoms with Crippen molar-refractivity contribution in [1.82, 2.24) is 4.90 Å². The Morgan fingerprint density at radius 1 is 1.25 bits per heavy atom. The Hall–Kier alpha value is -1.20. The van der Waals surface area contributed by atoms with Gasteiger partial charge in [-0.25, -0.2) is 4.39 Å². The zero-order valence-electron chi connectivity index (χ0n) is 11.5. The maximum atomic E-state index is 14.0. The van der Waals surface area contributed by atoms with E-state index in [-0.39, 0.29) is 10.8 Å². The number of nitrogens with zero attached hydrogens (tertiary/aromatic N) is 2. The molecule has 2 fully saturated rings. The third-order valence-corrected chi connectivity index (χ3v) is 4.62. The maximum absolute atomic E-state index is 14.0. The summed E-state index contributed by atoms with van der Waals surface area (Å²) in [4.78, 5) is 4.94. The number of fused-ring (bicyclic) bond motifs is 1. The van der Waals surface area contributed by atoms with E-state index in [1.807, 2.05) is 6.07 Å². The molecule has 2 N–H and O–H groups in total. The molecule has 0 aliphatic carbocycles. The Labute approximate surface area is 124 Å². The normalized spacial score (nSPS) is 23.4. The molecule has 0 aromatic heterocycles. The minimum atomic E-state index is -0.318. The summed E-state index contributed by atoms with van der Waals surface area (Å²) in [6.45, 7) is 4.09. The SMILES string of the molecule is NC(=S)c1c(F)cccc1N1CCN2CCCCC2C1. The van der Waals surface area contributed by atoms with Gasteiger partial charge in [-0.05, 0) is 31.5 Å². The van der Waals surface area contributed by atoms with Crippen molar-refractivity contribution in [3.05, 3.63) is 29.6 Å². The molecule has 1 aromatic carbocycles. The van der Waals surface area contributed by atoms with Crippen molar-refractivity contribution in [3.63, 3.8) is 0 Å². The number of nitrogens with two attached hydrogens (primary N) is 1. The van der Waals surface area contributed by atoms with Gasteiger partial charge in [0.15, 0.2) is 0 Å². The van der Waals surface area contributed by atoms with Crippen LogP contribution in [0.25, 0.3) is 0 Å². The molecule has 3 rings (SSSR count). The van der Waals surface area contributed by atoms with Gasteiger partial charge in [-0.1, -0.05) is 24.7 Å². The second-order valence-electron chi connectivity index (χ2n) is 5.63. The van der Waals surface area contributed by atoms with Crippen LogP contribution in [0.15, 0.2) is 18.2 Å². The number of rotatable bonds is 2. The quantitative estimate of drug-likeness (QED) is 0.847. The van der Waals surface area contributed by atoms with Gasteiger partial charge in [0.25, 0.3) is 0 Å². The van der Waals surface area contributed by atoms with Gasteiger partial charge >= 0.3 is 0 Å². The molecule has 1 aromatic rings. The zero-order valence-corrected chi connectivity index (χ0v) is 12.3. The Balaban J connectivity index is 1.86. The van der Waals surface area contributed by atoms with Crippen LogP contribution in [0.4, 0.5) is 10.1 Å². The first-order valence-electron chi connectivity index (χ1n) is 7.24. The van der Waals surface area contributed by atoms with Crippen LogP contribution in [0.2, 0.25) is 0 Å². The Morgan fingerprint density at radius 2 is 2.10 bits per heavy atom. The van der Waals surface area contributed by atoms with Crippen LogP contribution in [0.5, 0.6) is 0 Å². The van der Waals surface area contributed by atoms with Crippen molar-refractivity contribution in [2.75, 3.05) is 31.1 Å². The topological polar surface area (TPSA) is 32.5 Å². The lowest BCUT2D eigenvalue weighted by Gasteiger charge is -2.45. The minimum Gasteiger partial charge on any atom is -0.389 e. The van der Waals surface area contributed by atoms with E-state index < -0.39 is 0 Å². The summed E-state index contributed by atoms with van der Waals surface area (Å²) in [5.74, 6) is -0.318. The van der Waals surface area contributed by atoms with Crippen molar-refractivity contribution in [1.29, 1.82) is 0 Å². The highest BCUT2D eigenvalue weighted by atomic mass is 32.1. The van der Waals surface area contributed by atoms with Crippen LogP contribution in [-0.4, -0.2) is 42.1 Å². The van der Waals surface area contributed by atoms with E-state index in [0.717, 1.165) is 25.3 Å². The van der Waals surface area contributed by atoms with Gasteiger partial charge in [-0.15, -0.1) is 0 Å². The van der Waals surface area contributed by atoms with Crippen LogP contribution in [-0.2, 0) is 0 Å². The molecule has 1 unspecified atom stereocenters. The first-order valence-corrected chi connectivity index (χ1v) is 7.65. The van der Waals surface area contributed by atoms with E-state index in [2.05, 4.69) is 9.80 Å². The lowest BCUT2D eigenvalue weighted by molar-refractivity contribution is 0.133. The molecule has 3 nitrogen and oxygen atoms in total. The highest BCUT2D eigenvalue weighted by Crippen LogP contribution is 2.28. The van der Waals surface area contributed by atoms with Gasteiger partial charge in [0.1, 0.15) is 10.8 Å². The highest BCUT2D eigenvalue weighted by molar-refractivity contribution is 7.80. The molecule has 108 valence electrons. The molecule has 2 heterocycles. The number of hydrogen-bond acceptors (Lipinski definition) is 3. The number of benzene rings is 1. The van der Waals surface area contributed by atoms with Gasteiger partial charge in [0.2, 0.25) is 0 Å². The van der Waals surface area contributed by atoms with Crippen LogP contribution < -0.4 is 10.6 Å². The second kappa shape index (κ2) is 5.66. The van der Waals surface area contributed by atoms with Crippen LogP contribution in [0.1, 0.15) is 24.8 Å². The monoisotopic (exact) mass is 293 g/mol. The Morgan fingerprint density at radius 3 is 2.90 bits per heavy atom. The third-order valence-electron chi connectivity index (χ3n) is 4.42. The first kappa shape index (κ1) is 13.8. The number of halogens is 1. The minimum absolute atomic E-state index is 0.143. The smallest absolute Gasteiger partial charge is 0.135 e. The highest BCUT2D eigenvalue weighted by Gasteiger charge is 2.30. The fourth-order valence-electron chi connectivity index (χ4n) is 3.39. The van der Waals surface area contributed by atoms with E-state index in [1.54, 1.807) is 6.07 Å². The second-order valence-corrected chi connectivity index (χ2v) is 6.07. The van der Waals surface area contributed by atoms with Gasteiger partial charge < -0.3 is 10.6 Å². The predicted molar refractivity (Wildman–Crippen MR) is 83.7 cm³/mol. The number of anilines is 1. The lowest BCUT2D eigenvalue weighted by atomic mass is 9.98. The van der Waals surface area contributed by atoms with Gasteiger partial charge in [-0.3, -0.25) is 4.90 Å².